The summed E-state index contributed by atoms with van der Waals surface area (Å²) < 4.78 is 39.1. The van der Waals surface area contributed by atoms with E-state index in [4.69, 9.17) is 0 Å². The molecule has 2 aromatic carbocycles. The Balaban J connectivity index is 1.94. The predicted molar refractivity (Wildman–Crippen MR) is 89.3 cm³/mol. The summed E-state index contributed by atoms with van der Waals surface area (Å²) in [5.74, 6) is -0.387. The van der Waals surface area contributed by atoms with E-state index in [-0.39, 0.29) is 16.2 Å². The molecule has 3 rings (SSSR count). The fourth-order valence-electron chi connectivity index (χ4n) is 2.28. The van der Waals surface area contributed by atoms with Crippen molar-refractivity contribution in [1.29, 1.82) is 0 Å². The van der Waals surface area contributed by atoms with E-state index >= 15 is 0 Å². The first-order valence-electron chi connectivity index (χ1n) is 7.02. The summed E-state index contributed by atoms with van der Waals surface area (Å²) in [6, 6.07) is 10.6. The number of aromatic nitrogens is 1. The highest BCUT2D eigenvalue weighted by Crippen LogP contribution is 2.19. The van der Waals surface area contributed by atoms with Crippen LogP contribution < -0.4 is 5.56 Å². The van der Waals surface area contributed by atoms with E-state index in [0.29, 0.717) is 11.9 Å². The van der Waals surface area contributed by atoms with E-state index in [1.54, 1.807) is 37.3 Å². The third-order valence-electron chi connectivity index (χ3n) is 3.60. The SMILES string of the molecule is CCS(=O)(=O)c1ccc(Cn2sc3ccc(F)cc3c2=O)cc1. The molecule has 0 bridgehead atoms. The second-order valence-electron chi connectivity index (χ2n) is 5.12. The minimum atomic E-state index is -3.23. The van der Waals surface area contributed by atoms with Crippen molar-refractivity contribution < 1.29 is 12.8 Å². The molecule has 0 spiro atoms. The number of benzene rings is 2. The number of rotatable bonds is 4. The molecule has 0 N–H and O–H groups in total. The van der Waals surface area contributed by atoms with Crippen LogP contribution in [-0.2, 0) is 16.4 Å². The number of hydrogen-bond donors (Lipinski definition) is 0. The molecule has 7 heteroatoms. The molecular formula is C16H14FNO3S2. The van der Waals surface area contributed by atoms with Gasteiger partial charge in [0.05, 0.1) is 27.3 Å². The van der Waals surface area contributed by atoms with E-state index in [9.17, 15) is 17.6 Å². The third-order valence-corrected chi connectivity index (χ3v) is 6.41. The molecule has 0 atom stereocenters. The van der Waals surface area contributed by atoms with Crippen molar-refractivity contribution in [2.75, 3.05) is 5.75 Å². The maximum Gasteiger partial charge on any atom is 0.268 e. The number of sulfone groups is 1. The molecule has 0 aliphatic carbocycles. The molecule has 4 nitrogen and oxygen atoms in total. The highest BCUT2D eigenvalue weighted by Gasteiger charge is 2.12. The molecule has 3 aromatic rings. The van der Waals surface area contributed by atoms with Crippen molar-refractivity contribution in [1.82, 2.24) is 3.96 Å². The van der Waals surface area contributed by atoms with Gasteiger partial charge in [0.2, 0.25) is 0 Å². The van der Waals surface area contributed by atoms with Crippen LogP contribution in [0.4, 0.5) is 4.39 Å². The van der Waals surface area contributed by atoms with Crippen LogP contribution in [-0.4, -0.2) is 18.1 Å². The zero-order valence-electron chi connectivity index (χ0n) is 12.3. The smallest absolute Gasteiger partial charge is 0.268 e. The van der Waals surface area contributed by atoms with E-state index in [1.165, 1.54) is 27.6 Å². The van der Waals surface area contributed by atoms with Gasteiger partial charge >= 0.3 is 0 Å². The number of halogens is 1. The first-order valence-corrected chi connectivity index (χ1v) is 9.44. The number of nitrogens with zero attached hydrogens (tertiary/aromatic N) is 1. The highest BCUT2D eigenvalue weighted by molar-refractivity contribution is 7.91. The summed E-state index contributed by atoms with van der Waals surface area (Å²) in [7, 11) is -3.23. The van der Waals surface area contributed by atoms with Crippen molar-refractivity contribution >= 4 is 31.5 Å². The molecule has 1 aromatic heterocycles. The van der Waals surface area contributed by atoms with E-state index in [1.807, 2.05) is 0 Å². The quantitative estimate of drug-likeness (QED) is 0.726. The van der Waals surface area contributed by atoms with Gasteiger partial charge in [0, 0.05) is 0 Å². The molecule has 0 aliphatic rings. The molecular weight excluding hydrogens is 337 g/mol. The van der Waals surface area contributed by atoms with Gasteiger partial charge in [-0.2, -0.15) is 0 Å². The predicted octanol–water partition coefficient (Wildman–Crippen LogP) is 3.04. The average molecular weight is 351 g/mol. The second kappa shape index (κ2) is 5.90. The molecule has 0 fully saturated rings. The van der Waals surface area contributed by atoms with Gasteiger partial charge in [-0.25, -0.2) is 12.8 Å². The summed E-state index contributed by atoms with van der Waals surface area (Å²) in [6.45, 7) is 1.92. The molecule has 0 amide bonds. The van der Waals surface area contributed by atoms with Crippen LogP contribution >= 0.6 is 11.5 Å². The molecule has 120 valence electrons. The lowest BCUT2D eigenvalue weighted by Gasteiger charge is -2.04. The van der Waals surface area contributed by atoms with Crippen LogP contribution in [0.15, 0.2) is 52.2 Å². The summed E-state index contributed by atoms with van der Waals surface area (Å²) in [4.78, 5) is 12.5. The molecule has 0 radical (unpaired) electrons. The zero-order chi connectivity index (χ0) is 16.6. The molecule has 1 heterocycles. The Morgan fingerprint density at radius 1 is 1.13 bits per heavy atom. The normalized spacial score (nSPS) is 11.9. The monoisotopic (exact) mass is 351 g/mol. The van der Waals surface area contributed by atoms with E-state index in [2.05, 4.69) is 0 Å². The Morgan fingerprint density at radius 2 is 1.83 bits per heavy atom. The number of hydrogen-bond acceptors (Lipinski definition) is 4. The average Bonchev–Trinajstić information content (AvgIpc) is 2.84. The maximum absolute atomic E-state index is 13.2. The minimum absolute atomic E-state index is 0.0493. The van der Waals surface area contributed by atoms with Gasteiger partial charge in [0.1, 0.15) is 5.82 Å². The van der Waals surface area contributed by atoms with Gasteiger partial charge < -0.3 is 0 Å². The fourth-order valence-corrected chi connectivity index (χ4v) is 4.17. The van der Waals surface area contributed by atoms with Gasteiger partial charge in [-0.1, -0.05) is 30.6 Å². The lowest BCUT2D eigenvalue weighted by atomic mass is 10.2. The summed E-state index contributed by atoms with van der Waals surface area (Å²) >= 11 is 1.26. The lowest BCUT2D eigenvalue weighted by Crippen LogP contribution is -2.13. The van der Waals surface area contributed by atoms with Gasteiger partial charge in [-0.15, -0.1) is 0 Å². The molecule has 23 heavy (non-hydrogen) atoms. The van der Waals surface area contributed by atoms with Gasteiger partial charge in [0.15, 0.2) is 9.84 Å². The third kappa shape index (κ3) is 3.07. The van der Waals surface area contributed by atoms with Crippen molar-refractivity contribution in [2.24, 2.45) is 0 Å². The summed E-state index contributed by atoms with van der Waals surface area (Å²) in [5.41, 5.74) is 0.573. The van der Waals surface area contributed by atoms with Crippen LogP contribution in [0.25, 0.3) is 10.1 Å². The fraction of sp³-hybridized carbons (Fsp3) is 0.188. The topological polar surface area (TPSA) is 56.1 Å². The summed E-state index contributed by atoms with van der Waals surface area (Å²) in [6.07, 6.45) is 0. The Kier molecular flexibility index (Phi) is 4.08. The van der Waals surface area contributed by atoms with E-state index in [0.717, 1.165) is 10.3 Å². The molecule has 0 saturated heterocycles. The van der Waals surface area contributed by atoms with Crippen LogP contribution in [0.2, 0.25) is 0 Å². The van der Waals surface area contributed by atoms with Crippen molar-refractivity contribution in [3.05, 3.63) is 64.2 Å². The molecule has 0 saturated carbocycles. The van der Waals surface area contributed by atoms with Gasteiger partial charge in [0.25, 0.3) is 5.56 Å². The first-order chi connectivity index (χ1) is 10.9. The second-order valence-corrected chi connectivity index (χ2v) is 8.46. The number of fused-ring (bicyclic) bond motifs is 1. The Bertz CT molecular complexity index is 1020. The highest BCUT2D eigenvalue weighted by atomic mass is 32.2. The minimum Gasteiger partial charge on any atom is -0.268 e. The van der Waals surface area contributed by atoms with Crippen LogP contribution in [0.1, 0.15) is 12.5 Å². The van der Waals surface area contributed by atoms with Gasteiger partial charge in [-0.3, -0.25) is 8.75 Å². The molecule has 0 aliphatic heterocycles. The van der Waals surface area contributed by atoms with Crippen LogP contribution in [0, 0.1) is 5.82 Å². The van der Waals surface area contributed by atoms with Crippen molar-refractivity contribution in [3.8, 4) is 0 Å². The Labute approximate surface area is 136 Å². The summed E-state index contributed by atoms with van der Waals surface area (Å²) in [5, 5.41) is 0.361. The van der Waals surface area contributed by atoms with Crippen molar-refractivity contribution in [3.63, 3.8) is 0 Å². The Hall–Kier alpha value is -1.99. The largest absolute Gasteiger partial charge is 0.268 e. The Morgan fingerprint density at radius 3 is 2.48 bits per heavy atom. The standard InChI is InChI=1S/C16H14FNO3S2/c1-2-23(20,21)13-6-3-11(4-7-13)10-18-16(19)14-9-12(17)5-8-15(14)22-18/h3-9H,2,10H2,1H3. The zero-order valence-corrected chi connectivity index (χ0v) is 14.0. The van der Waals surface area contributed by atoms with Crippen LogP contribution in [0.5, 0.6) is 0 Å². The van der Waals surface area contributed by atoms with Gasteiger partial charge in [-0.05, 0) is 35.9 Å². The first kappa shape index (κ1) is 15.9. The van der Waals surface area contributed by atoms with Crippen LogP contribution in [0.3, 0.4) is 0 Å². The maximum atomic E-state index is 13.2. The van der Waals surface area contributed by atoms with E-state index < -0.39 is 15.7 Å². The lowest BCUT2D eigenvalue weighted by molar-refractivity contribution is 0.597. The van der Waals surface area contributed by atoms with Crippen molar-refractivity contribution in [2.45, 2.75) is 18.4 Å². The molecule has 0 unspecified atom stereocenters.